The summed E-state index contributed by atoms with van der Waals surface area (Å²) < 4.78 is 6.01. The average molecular weight is 300 g/mol. The van der Waals surface area contributed by atoms with Crippen molar-refractivity contribution in [3.8, 4) is 0 Å². The van der Waals surface area contributed by atoms with Gasteiger partial charge in [-0.05, 0) is 31.2 Å². The zero-order chi connectivity index (χ0) is 12.7. The third-order valence-electron chi connectivity index (χ3n) is 2.42. The van der Waals surface area contributed by atoms with Crippen LogP contribution in [-0.2, 0) is 16.1 Å². The molecule has 1 rings (SSSR count). The largest absolute Gasteiger partial charge is 0.465 e. The van der Waals surface area contributed by atoms with Gasteiger partial charge in [0.25, 0.3) is 0 Å². The third kappa shape index (κ3) is 5.33. The number of likely N-dealkylation sites (N-methyl/N-ethyl adjacent to an activating group) is 1. The molecule has 4 heteroatoms. The van der Waals surface area contributed by atoms with Gasteiger partial charge in [0.1, 0.15) is 0 Å². The van der Waals surface area contributed by atoms with Gasteiger partial charge < -0.3 is 4.74 Å². The van der Waals surface area contributed by atoms with E-state index in [0.717, 1.165) is 17.6 Å². The maximum Gasteiger partial charge on any atom is 0.320 e. The fourth-order valence-electron chi connectivity index (χ4n) is 1.52. The molecule has 17 heavy (non-hydrogen) atoms. The van der Waals surface area contributed by atoms with Crippen molar-refractivity contribution in [2.45, 2.75) is 20.4 Å². The van der Waals surface area contributed by atoms with Gasteiger partial charge in [-0.3, -0.25) is 9.69 Å². The molecule has 0 saturated carbocycles. The van der Waals surface area contributed by atoms with Crippen LogP contribution in [0, 0.1) is 0 Å². The van der Waals surface area contributed by atoms with Crippen LogP contribution in [0.1, 0.15) is 19.4 Å². The van der Waals surface area contributed by atoms with E-state index < -0.39 is 0 Å². The highest BCUT2D eigenvalue weighted by Gasteiger charge is 2.10. The Morgan fingerprint density at radius 2 is 1.94 bits per heavy atom. The Kier molecular flexibility index (Phi) is 6.22. The SMILES string of the molecule is CCOC(=O)CN(CC)Cc1ccc(Br)cc1. The van der Waals surface area contributed by atoms with Gasteiger partial charge >= 0.3 is 5.97 Å². The summed E-state index contributed by atoms with van der Waals surface area (Å²) in [6.07, 6.45) is 0. The van der Waals surface area contributed by atoms with E-state index in [0.29, 0.717) is 13.2 Å². The number of hydrogen-bond donors (Lipinski definition) is 0. The van der Waals surface area contributed by atoms with Crippen LogP contribution >= 0.6 is 15.9 Å². The second-order valence-corrected chi connectivity index (χ2v) is 4.65. The standard InChI is InChI=1S/C13H18BrNO2/c1-3-15(10-13(16)17-4-2)9-11-5-7-12(14)8-6-11/h5-8H,3-4,9-10H2,1-2H3. The minimum Gasteiger partial charge on any atom is -0.465 e. The molecule has 1 aromatic carbocycles. The van der Waals surface area contributed by atoms with Crippen molar-refractivity contribution in [1.82, 2.24) is 4.90 Å². The van der Waals surface area contributed by atoms with Crippen LogP contribution in [0.2, 0.25) is 0 Å². The number of carbonyl (C=O) groups excluding carboxylic acids is 1. The molecule has 3 nitrogen and oxygen atoms in total. The highest BCUT2D eigenvalue weighted by Crippen LogP contribution is 2.12. The first kappa shape index (κ1) is 14.2. The molecule has 0 radical (unpaired) electrons. The molecule has 0 bridgehead atoms. The van der Waals surface area contributed by atoms with Crippen LogP contribution in [0.4, 0.5) is 0 Å². The lowest BCUT2D eigenvalue weighted by Crippen LogP contribution is -2.30. The molecule has 0 heterocycles. The van der Waals surface area contributed by atoms with Crippen LogP contribution in [0.3, 0.4) is 0 Å². The second kappa shape index (κ2) is 7.45. The number of rotatable bonds is 6. The maximum atomic E-state index is 11.4. The normalized spacial score (nSPS) is 10.6. The van der Waals surface area contributed by atoms with Crippen molar-refractivity contribution in [2.75, 3.05) is 19.7 Å². The number of halogens is 1. The summed E-state index contributed by atoms with van der Waals surface area (Å²) in [5.41, 5.74) is 1.19. The number of benzene rings is 1. The van der Waals surface area contributed by atoms with Crippen molar-refractivity contribution in [3.63, 3.8) is 0 Å². The fourth-order valence-corrected chi connectivity index (χ4v) is 1.78. The van der Waals surface area contributed by atoms with E-state index in [1.54, 1.807) is 0 Å². The molecule has 0 unspecified atom stereocenters. The minimum atomic E-state index is -0.161. The summed E-state index contributed by atoms with van der Waals surface area (Å²) in [4.78, 5) is 13.4. The molecule has 0 spiro atoms. The third-order valence-corrected chi connectivity index (χ3v) is 2.95. The first-order chi connectivity index (χ1) is 8.15. The summed E-state index contributed by atoms with van der Waals surface area (Å²) in [5.74, 6) is -0.161. The van der Waals surface area contributed by atoms with E-state index in [1.807, 2.05) is 26.0 Å². The zero-order valence-electron chi connectivity index (χ0n) is 10.3. The Balaban J connectivity index is 2.51. The van der Waals surface area contributed by atoms with Gasteiger partial charge in [0, 0.05) is 11.0 Å². The van der Waals surface area contributed by atoms with Gasteiger partial charge in [-0.25, -0.2) is 0 Å². The topological polar surface area (TPSA) is 29.5 Å². The van der Waals surface area contributed by atoms with Crippen molar-refractivity contribution >= 4 is 21.9 Å². The van der Waals surface area contributed by atoms with Gasteiger partial charge in [0.2, 0.25) is 0 Å². The maximum absolute atomic E-state index is 11.4. The Hall–Kier alpha value is -0.870. The van der Waals surface area contributed by atoms with E-state index in [9.17, 15) is 4.79 Å². The average Bonchev–Trinajstić information content (AvgIpc) is 2.31. The van der Waals surface area contributed by atoms with Crippen molar-refractivity contribution in [2.24, 2.45) is 0 Å². The lowest BCUT2D eigenvalue weighted by Gasteiger charge is -2.19. The van der Waals surface area contributed by atoms with Crippen LogP contribution in [0.15, 0.2) is 28.7 Å². The van der Waals surface area contributed by atoms with E-state index in [1.165, 1.54) is 5.56 Å². The summed E-state index contributed by atoms with van der Waals surface area (Å²) in [6, 6.07) is 8.12. The molecular weight excluding hydrogens is 282 g/mol. The van der Waals surface area contributed by atoms with Crippen molar-refractivity contribution < 1.29 is 9.53 Å². The molecule has 0 amide bonds. The van der Waals surface area contributed by atoms with Crippen LogP contribution < -0.4 is 0 Å². The molecule has 0 N–H and O–H groups in total. The zero-order valence-corrected chi connectivity index (χ0v) is 11.9. The number of hydrogen-bond acceptors (Lipinski definition) is 3. The summed E-state index contributed by atoms with van der Waals surface area (Å²) in [6.45, 7) is 6.24. The number of esters is 1. The Bertz CT molecular complexity index is 351. The van der Waals surface area contributed by atoms with Crippen molar-refractivity contribution in [1.29, 1.82) is 0 Å². The first-order valence-corrected chi connectivity index (χ1v) is 6.57. The molecule has 0 aliphatic rings. The van der Waals surface area contributed by atoms with E-state index >= 15 is 0 Å². The second-order valence-electron chi connectivity index (χ2n) is 3.73. The molecule has 0 aliphatic carbocycles. The molecule has 0 aromatic heterocycles. The number of carbonyl (C=O) groups is 1. The summed E-state index contributed by atoms with van der Waals surface area (Å²) in [7, 11) is 0. The monoisotopic (exact) mass is 299 g/mol. The van der Waals surface area contributed by atoms with Crippen molar-refractivity contribution in [3.05, 3.63) is 34.3 Å². The molecule has 0 saturated heterocycles. The van der Waals surface area contributed by atoms with Gasteiger partial charge in [0.15, 0.2) is 0 Å². The van der Waals surface area contributed by atoms with Crippen LogP contribution in [0.25, 0.3) is 0 Å². The minimum absolute atomic E-state index is 0.161. The fraction of sp³-hybridized carbons (Fsp3) is 0.462. The Morgan fingerprint density at radius 1 is 1.29 bits per heavy atom. The highest BCUT2D eigenvalue weighted by molar-refractivity contribution is 9.10. The lowest BCUT2D eigenvalue weighted by atomic mass is 10.2. The van der Waals surface area contributed by atoms with Crippen LogP contribution in [-0.4, -0.2) is 30.6 Å². The highest BCUT2D eigenvalue weighted by atomic mass is 79.9. The molecule has 0 aliphatic heterocycles. The predicted octanol–water partition coefficient (Wildman–Crippen LogP) is 2.83. The molecular formula is C13H18BrNO2. The number of nitrogens with zero attached hydrogens (tertiary/aromatic N) is 1. The van der Waals surface area contributed by atoms with Crippen LogP contribution in [0.5, 0.6) is 0 Å². The lowest BCUT2D eigenvalue weighted by molar-refractivity contribution is -0.144. The molecule has 1 aromatic rings. The summed E-state index contributed by atoms with van der Waals surface area (Å²) >= 11 is 3.40. The molecule has 0 atom stereocenters. The van der Waals surface area contributed by atoms with E-state index in [4.69, 9.17) is 4.74 Å². The predicted molar refractivity (Wildman–Crippen MR) is 71.7 cm³/mol. The van der Waals surface area contributed by atoms with E-state index in [2.05, 4.69) is 33.0 Å². The van der Waals surface area contributed by atoms with Gasteiger partial charge in [-0.1, -0.05) is 35.0 Å². The summed E-state index contributed by atoms with van der Waals surface area (Å²) in [5, 5.41) is 0. The Morgan fingerprint density at radius 3 is 2.47 bits per heavy atom. The van der Waals surface area contributed by atoms with Gasteiger partial charge in [-0.2, -0.15) is 0 Å². The van der Waals surface area contributed by atoms with E-state index in [-0.39, 0.29) is 5.97 Å². The van der Waals surface area contributed by atoms with Gasteiger partial charge in [0.05, 0.1) is 13.2 Å². The molecule has 94 valence electrons. The smallest absolute Gasteiger partial charge is 0.320 e. The quantitative estimate of drug-likeness (QED) is 0.757. The first-order valence-electron chi connectivity index (χ1n) is 5.78. The van der Waals surface area contributed by atoms with Gasteiger partial charge in [-0.15, -0.1) is 0 Å². The molecule has 0 fully saturated rings. The Labute approximate surface area is 111 Å². The number of ether oxygens (including phenoxy) is 1.